The van der Waals surface area contributed by atoms with Crippen molar-refractivity contribution in [3.8, 4) is 5.88 Å². The summed E-state index contributed by atoms with van der Waals surface area (Å²) in [5.41, 5.74) is 6.50. The molecule has 1 saturated carbocycles. The van der Waals surface area contributed by atoms with E-state index >= 15 is 0 Å². The topological polar surface area (TPSA) is 134 Å². The summed E-state index contributed by atoms with van der Waals surface area (Å²) in [7, 11) is 1.51. The monoisotopic (exact) mass is 399 g/mol. The number of aliphatic hydroxyl groups excluding tert-OH is 2. The molecule has 1 aliphatic heterocycles. The number of aromatic nitrogens is 2. The summed E-state index contributed by atoms with van der Waals surface area (Å²) in [4.78, 5) is 21.9. The third kappa shape index (κ3) is 3.36. The molecule has 9 heteroatoms. The van der Waals surface area contributed by atoms with Crippen LogP contribution in [0.25, 0.3) is 0 Å². The molecule has 2 aliphatic rings. The van der Waals surface area contributed by atoms with Crippen molar-refractivity contribution in [3.63, 3.8) is 0 Å². The quantitative estimate of drug-likeness (QED) is 0.523. The molecule has 0 bridgehead atoms. The number of benzene rings is 1. The fraction of sp³-hybridized carbons (Fsp3) is 0.450. The SMILES string of the molecule is COc1cc(N2C[C@H](O)[C@@]3(C2)[C@H](CNC(=O)CO)[C@H]3c2ccccc2)nc(N)n1. The normalized spacial score (nSPS) is 27.8. The smallest absolute Gasteiger partial charge is 0.245 e. The van der Waals surface area contributed by atoms with Crippen LogP contribution in [0.15, 0.2) is 36.4 Å². The van der Waals surface area contributed by atoms with Crippen molar-refractivity contribution >= 4 is 17.7 Å². The minimum atomic E-state index is -0.606. The average Bonchev–Trinajstić information content (AvgIpc) is 3.25. The molecule has 1 aromatic heterocycles. The van der Waals surface area contributed by atoms with E-state index in [9.17, 15) is 9.90 Å². The lowest BCUT2D eigenvalue weighted by Gasteiger charge is -2.18. The van der Waals surface area contributed by atoms with Crippen molar-refractivity contribution in [1.29, 1.82) is 0 Å². The van der Waals surface area contributed by atoms with Crippen molar-refractivity contribution in [2.45, 2.75) is 12.0 Å². The van der Waals surface area contributed by atoms with Crippen LogP contribution in [-0.2, 0) is 4.79 Å². The maximum Gasteiger partial charge on any atom is 0.245 e. The number of β-amino-alcohol motifs (C(OH)–C–C–N with tert-alkyl or cyclic N) is 1. The third-order valence-electron chi connectivity index (χ3n) is 6.10. The van der Waals surface area contributed by atoms with E-state index in [2.05, 4.69) is 15.3 Å². The fourth-order valence-electron chi connectivity index (χ4n) is 4.75. The Morgan fingerprint density at radius 1 is 1.38 bits per heavy atom. The number of hydrogen-bond acceptors (Lipinski definition) is 8. The van der Waals surface area contributed by atoms with E-state index in [1.54, 1.807) is 6.07 Å². The van der Waals surface area contributed by atoms with Crippen molar-refractivity contribution < 1.29 is 19.7 Å². The van der Waals surface area contributed by atoms with Gasteiger partial charge in [-0.2, -0.15) is 9.97 Å². The number of nitrogens with one attached hydrogen (secondary N) is 1. The highest BCUT2D eigenvalue weighted by molar-refractivity contribution is 5.77. The van der Waals surface area contributed by atoms with Crippen LogP contribution < -0.4 is 20.7 Å². The van der Waals surface area contributed by atoms with Gasteiger partial charge in [0.05, 0.1) is 13.2 Å². The first-order valence-corrected chi connectivity index (χ1v) is 9.53. The molecule has 1 amide bonds. The van der Waals surface area contributed by atoms with Crippen LogP contribution in [0.3, 0.4) is 0 Å². The zero-order valence-corrected chi connectivity index (χ0v) is 16.2. The number of nitrogens with zero attached hydrogens (tertiary/aromatic N) is 3. The molecule has 0 radical (unpaired) electrons. The summed E-state index contributed by atoms with van der Waals surface area (Å²) in [6, 6.07) is 11.7. The van der Waals surface area contributed by atoms with E-state index < -0.39 is 24.0 Å². The highest BCUT2D eigenvalue weighted by Gasteiger charge is 2.71. The van der Waals surface area contributed by atoms with Crippen LogP contribution in [-0.4, -0.2) is 65.5 Å². The maximum absolute atomic E-state index is 11.6. The van der Waals surface area contributed by atoms with Crippen LogP contribution >= 0.6 is 0 Å². The molecular formula is C20H25N5O4. The van der Waals surface area contributed by atoms with E-state index in [4.69, 9.17) is 15.6 Å². The molecule has 29 heavy (non-hydrogen) atoms. The minimum Gasteiger partial charge on any atom is -0.481 e. The Hall–Kier alpha value is -2.91. The van der Waals surface area contributed by atoms with Gasteiger partial charge in [0, 0.05) is 31.1 Å². The van der Waals surface area contributed by atoms with Gasteiger partial charge in [0.1, 0.15) is 12.4 Å². The molecule has 9 nitrogen and oxygen atoms in total. The number of nitrogens with two attached hydrogens (primary N) is 1. The first-order valence-electron chi connectivity index (χ1n) is 9.53. The number of ether oxygens (including phenoxy) is 1. The molecule has 2 heterocycles. The van der Waals surface area contributed by atoms with E-state index in [1.165, 1.54) is 7.11 Å². The second-order valence-electron chi connectivity index (χ2n) is 7.59. The number of carbonyl (C=O) groups is 1. The summed E-state index contributed by atoms with van der Waals surface area (Å²) < 4.78 is 5.19. The summed E-state index contributed by atoms with van der Waals surface area (Å²) >= 11 is 0. The second kappa shape index (κ2) is 7.49. The Morgan fingerprint density at radius 3 is 2.83 bits per heavy atom. The van der Waals surface area contributed by atoms with Crippen LogP contribution in [0.2, 0.25) is 0 Å². The first-order chi connectivity index (χ1) is 14.0. The summed E-state index contributed by atoms with van der Waals surface area (Å²) in [6.07, 6.45) is -0.606. The van der Waals surface area contributed by atoms with E-state index in [-0.39, 0.29) is 17.8 Å². The van der Waals surface area contributed by atoms with Crippen LogP contribution in [0.1, 0.15) is 11.5 Å². The highest BCUT2D eigenvalue weighted by atomic mass is 16.5. The van der Waals surface area contributed by atoms with Gasteiger partial charge in [-0.3, -0.25) is 4.79 Å². The minimum absolute atomic E-state index is 0.0430. The second-order valence-corrected chi connectivity index (χ2v) is 7.59. The summed E-state index contributed by atoms with van der Waals surface area (Å²) in [5, 5.41) is 22.8. The van der Waals surface area contributed by atoms with Gasteiger partial charge in [0.2, 0.25) is 17.7 Å². The number of aliphatic hydroxyl groups is 2. The number of amides is 1. The van der Waals surface area contributed by atoms with Gasteiger partial charge < -0.3 is 30.9 Å². The van der Waals surface area contributed by atoms with Crippen molar-refractivity contribution in [2.24, 2.45) is 11.3 Å². The van der Waals surface area contributed by atoms with Crippen molar-refractivity contribution in [3.05, 3.63) is 42.0 Å². The highest BCUT2D eigenvalue weighted by Crippen LogP contribution is 2.68. The lowest BCUT2D eigenvalue weighted by Crippen LogP contribution is -2.31. The number of rotatable bonds is 6. The molecular weight excluding hydrogens is 374 g/mol. The molecule has 5 N–H and O–H groups in total. The maximum atomic E-state index is 11.6. The predicted octanol–water partition coefficient (Wildman–Crippen LogP) is -0.243. The average molecular weight is 399 g/mol. The molecule has 2 fully saturated rings. The van der Waals surface area contributed by atoms with Gasteiger partial charge in [0.25, 0.3) is 0 Å². The van der Waals surface area contributed by atoms with Crippen LogP contribution in [0.4, 0.5) is 11.8 Å². The lowest BCUT2D eigenvalue weighted by molar-refractivity contribution is -0.123. The van der Waals surface area contributed by atoms with Gasteiger partial charge in [-0.1, -0.05) is 30.3 Å². The molecule has 2 aromatic rings. The fourth-order valence-corrected chi connectivity index (χ4v) is 4.75. The first kappa shape index (κ1) is 19.4. The molecule has 1 aliphatic carbocycles. The van der Waals surface area contributed by atoms with Gasteiger partial charge >= 0.3 is 0 Å². The standard InChI is InChI=1S/C20H25N5O4/c1-29-17-7-15(23-19(21)24-17)25-9-14(27)20(11-25)13(8-22-16(28)10-26)18(20)12-5-3-2-4-6-12/h2-7,13-14,18,26-27H,8-11H2,1H3,(H,22,28)(H2,21,23,24)/t13-,14+,18-,20-/m1/s1. The Morgan fingerprint density at radius 2 is 2.14 bits per heavy atom. The molecule has 1 saturated heterocycles. The Balaban J connectivity index is 1.62. The number of anilines is 2. The molecule has 4 rings (SSSR count). The third-order valence-corrected chi connectivity index (χ3v) is 6.10. The zero-order chi connectivity index (χ0) is 20.6. The van der Waals surface area contributed by atoms with Crippen LogP contribution in [0, 0.1) is 11.3 Å². The zero-order valence-electron chi connectivity index (χ0n) is 16.2. The molecule has 4 atom stereocenters. The molecule has 1 aromatic carbocycles. The molecule has 1 spiro atoms. The van der Waals surface area contributed by atoms with E-state index in [0.29, 0.717) is 31.3 Å². The van der Waals surface area contributed by atoms with Gasteiger partial charge in [-0.15, -0.1) is 0 Å². The molecule has 154 valence electrons. The lowest BCUT2D eigenvalue weighted by atomic mass is 9.95. The Kier molecular flexibility index (Phi) is 5.01. The van der Waals surface area contributed by atoms with Crippen molar-refractivity contribution in [1.82, 2.24) is 15.3 Å². The van der Waals surface area contributed by atoms with Crippen molar-refractivity contribution in [2.75, 3.05) is 44.0 Å². The van der Waals surface area contributed by atoms with Crippen LogP contribution in [0.5, 0.6) is 5.88 Å². The van der Waals surface area contributed by atoms with Gasteiger partial charge in [-0.05, 0) is 17.4 Å². The summed E-state index contributed by atoms with van der Waals surface area (Å²) in [5.74, 6) is 0.783. The van der Waals surface area contributed by atoms with E-state index in [0.717, 1.165) is 5.56 Å². The number of methoxy groups -OCH3 is 1. The number of carbonyl (C=O) groups excluding carboxylic acids is 1. The van der Waals surface area contributed by atoms with Gasteiger partial charge in [0.15, 0.2) is 0 Å². The summed E-state index contributed by atoms with van der Waals surface area (Å²) in [6.45, 7) is 0.796. The molecule has 0 unspecified atom stereocenters. The number of nitrogen functional groups attached to an aromatic ring is 1. The van der Waals surface area contributed by atoms with Gasteiger partial charge in [-0.25, -0.2) is 0 Å². The van der Waals surface area contributed by atoms with E-state index in [1.807, 2.05) is 35.2 Å². The number of hydrogen-bond donors (Lipinski definition) is 4. The predicted molar refractivity (Wildman–Crippen MR) is 106 cm³/mol. The Bertz CT molecular complexity index is 896. The Labute approximate surface area is 168 Å². The largest absolute Gasteiger partial charge is 0.481 e.